The van der Waals surface area contributed by atoms with Crippen LogP contribution < -0.4 is 10.1 Å². The molecule has 0 saturated carbocycles. The van der Waals surface area contributed by atoms with Crippen molar-refractivity contribution in [3.8, 4) is 5.75 Å². The molecule has 1 N–H and O–H groups in total. The molecule has 5 rings (SSSR count). The molecule has 0 aromatic heterocycles. The van der Waals surface area contributed by atoms with E-state index in [0.717, 1.165) is 43.6 Å². The first-order valence-electron chi connectivity index (χ1n) is 14.0. The van der Waals surface area contributed by atoms with Gasteiger partial charge in [0.15, 0.2) is 0 Å². The number of benzene rings is 2. The van der Waals surface area contributed by atoms with Gasteiger partial charge in [0.1, 0.15) is 23.3 Å². The molecule has 0 unspecified atom stereocenters. The second-order valence-electron chi connectivity index (χ2n) is 11.1. The van der Waals surface area contributed by atoms with E-state index in [0.29, 0.717) is 16.3 Å². The number of piperidine rings is 1. The highest BCUT2D eigenvalue weighted by molar-refractivity contribution is 7.89. The lowest BCUT2D eigenvalue weighted by atomic mass is 9.86. The number of carbonyl (C=O) groups is 1. The Morgan fingerprint density at radius 3 is 2.60 bits per heavy atom. The molecule has 1 fully saturated rings. The third-order valence-electron chi connectivity index (χ3n) is 8.07. The van der Waals surface area contributed by atoms with Gasteiger partial charge in [0.25, 0.3) is 0 Å². The van der Waals surface area contributed by atoms with Crippen LogP contribution in [0.4, 0.5) is 13.2 Å². The van der Waals surface area contributed by atoms with Crippen LogP contribution in [0.25, 0.3) is 0 Å². The van der Waals surface area contributed by atoms with Gasteiger partial charge >= 0.3 is 6.18 Å². The summed E-state index contributed by atoms with van der Waals surface area (Å²) in [6, 6.07) is 7.63. The maximum Gasteiger partial charge on any atom is 0.405 e. The summed E-state index contributed by atoms with van der Waals surface area (Å²) in [5.41, 5.74) is 3.81. The molecule has 2 heterocycles. The molecule has 2 aromatic rings. The van der Waals surface area contributed by atoms with E-state index in [1.807, 2.05) is 12.1 Å². The minimum Gasteiger partial charge on any atom is -0.491 e. The van der Waals surface area contributed by atoms with E-state index in [1.54, 1.807) is 13.0 Å². The zero-order chi connectivity index (χ0) is 28.5. The van der Waals surface area contributed by atoms with Crippen molar-refractivity contribution in [2.45, 2.75) is 81.6 Å². The number of alkyl halides is 3. The van der Waals surface area contributed by atoms with Crippen LogP contribution in [0.2, 0.25) is 0 Å². The molecule has 218 valence electrons. The lowest BCUT2D eigenvalue weighted by Crippen LogP contribution is -2.51. The van der Waals surface area contributed by atoms with Crippen molar-refractivity contribution < 1.29 is 31.1 Å². The number of halogens is 3. The van der Waals surface area contributed by atoms with E-state index in [4.69, 9.17) is 4.74 Å². The minimum absolute atomic E-state index is 0.0111. The second kappa shape index (κ2) is 11.7. The Labute approximate surface area is 233 Å². The average Bonchev–Trinajstić information content (AvgIpc) is 3.02. The molecule has 0 bridgehead atoms. The number of aryl methyl sites for hydroxylation is 2. The van der Waals surface area contributed by atoms with Crippen LogP contribution >= 0.6 is 0 Å². The Balaban J connectivity index is 1.32. The highest BCUT2D eigenvalue weighted by atomic mass is 32.2. The molecule has 0 spiro atoms. The van der Waals surface area contributed by atoms with Gasteiger partial charge in [-0.05, 0) is 86.5 Å². The van der Waals surface area contributed by atoms with Crippen LogP contribution in [0.15, 0.2) is 41.3 Å². The fourth-order valence-electron chi connectivity index (χ4n) is 6.05. The summed E-state index contributed by atoms with van der Waals surface area (Å²) in [7, 11) is -4.56. The third-order valence-corrected chi connectivity index (χ3v) is 10.0. The topological polar surface area (TPSA) is 79.0 Å². The molecule has 40 heavy (non-hydrogen) atoms. The third kappa shape index (κ3) is 6.31. The van der Waals surface area contributed by atoms with Gasteiger partial charge in [-0.3, -0.25) is 9.69 Å². The van der Waals surface area contributed by atoms with Crippen LogP contribution in [-0.2, 0) is 27.8 Å². The number of rotatable bonds is 6. The summed E-state index contributed by atoms with van der Waals surface area (Å²) in [5.74, 6) is -0.820. The highest BCUT2D eigenvalue weighted by Crippen LogP contribution is 2.37. The van der Waals surface area contributed by atoms with Crippen molar-refractivity contribution in [2.75, 3.05) is 26.2 Å². The van der Waals surface area contributed by atoms with Crippen molar-refractivity contribution in [1.82, 2.24) is 14.5 Å². The van der Waals surface area contributed by atoms with Gasteiger partial charge in [0.2, 0.25) is 15.9 Å². The summed E-state index contributed by atoms with van der Waals surface area (Å²) < 4.78 is 75.6. The second-order valence-corrected chi connectivity index (χ2v) is 12.9. The minimum atomic E-state index is -4.95. The Kier molecular flexibility index (Phi) is 8.45. The summed E-state index contributed by atoms with van der Waals surface area (Å²) in [6.07, 6.45) is -0.0283. The molecular weight excluding hydrogens is 543 g/mol. The van der Waals surface area contributed by atoms with Crippen molar-refractivity contribution >= 4 is 15.9 Å². The smallest absolute Gasteiger partial charge is 0.405 e. The molecule has 2 atom stereocenters. The number of hydrogen-bond donors (Lipinski definition) is 1. The molecule has 1 aliphatic carbocycles. The number of ether oxygens (including phenoxy) is 1. The zero-order valence-electron chi connectivity index (χ0n) is 22.7. The van der Waals surface area contributed by atoms with Crippen molar-refractivity contribution in [2.24, 2.45) is 0 Å². The van der Waals surface area contributed by atoms with Gasteiger partial charge in [0, 0.05) is 13.1 Å². The van der Waals surface area contributed by atoms with Gasteiger partial charge in [-0.1, -0.05) is 30.7 Å². The molecule has 1 amide bonds. The number of fused-ring (bicyclic) bond motifs is 2. The van der Waals surface area contributed by atoms with Gasteiger partial charge < -0.3 is 10.1 Å². The number of amides is 1. The van der Waals surface area contributed by atoms with Crippen LogP contribution in [0.1, 0.15) is 66.8 Å². The Hall–Kier alpha value is -2.63. The molecule has 2 aliphatic heterocycles. The number of likely N-dealkylation sites (tertiary alicyclic amines) is 1. The maximum absolute atomic E-state index is 14.3. The van der Waals surface area contributed by atoms with Gasteiger partial charge in [-0.2, -0.15) is 17.5 Å². The fraction of sp³-hybridized carbons (Fsp3) is 0.552. The largest absolute Gasteiger partial charge is 0.491 e. The van der Waals surface area contributed by atoms with Crippen molar-refractivity contribution in [3.05, 3.63) is 58.7 Å². The lowest BCUT2D eigenvalue weighted by molar-refractivity contribution is -0.176. The van der Waals surface area contributed by atoms with Crippen molar-refractivity contribution in [3.63, 3.8) is 0 Å². The number of nitrogens with one attached hydrogen (secondary N) is 1. The molecule has 1 saturated heterocycles. The first kappa shape index (κ1) is 28.9. The fourth-order valence-corrected chi connectivity index (χ4v) is 7.87. The van der Waals surface area contributed by atoms with Crippen LogP contribution in [0.5, 0.6) is 5.75 Å². The quantitative estimate of drug-likeness (QED) is 0.528. The summed E-state index contributed by atoms with van der Waals surface area (Å²) in [6.45, 7) is 3.92. The van der Waals surface area contributed by atoms with Gasteiger partial charge in [-0.25, -0.2) is 8.42 Å². The molecule has 0 radical (unpaired) electrons. The van der Waals surface area contributed by atoms with E-state index in [-0.39, 0.29) is 17.3 Å². The monoisotopic (exact) mass is 579 g/mol. The Bertz CT molecular complexity index is 1340. The summed E-state index contributed by atoms with van der Waals surface area (Å²) >= 11 is 0. The molecule has 3 aliphatic rings. The number of carbonyl (C=O) groups excluding carboxylic acids is 1. The average molecular weight is 580 g/mol. The first-order chi connectivity index (χ1) is 19.0. The van der Waals surface area contributed by atoms with Crippen LogP contribution in [0.3, 0.4) is 0 Å². The van der Waals surface area contributed by atoms with Gasteiger partial charge in [-0.15, -0.1) is 0 Å². The standard InChI is InChI=1S/C29H36F3N3O4S/c1-20-8-11-25-26(16-20)40(37,38)35(14-15-39-25)27(29(30,31)32)18-28(36)33-24-7-5-6-22-17-21(9-10-23(22)24)19-34-12-3-2-4-13-34/h8-11,16-17,24,27H,2-7,12-15,18-19H2,1H3,(H,33,36)/t24-,27-/m1/s1. The van der Waals surface area contributed by atoms with E-state index in [2.05, 4.69) is 16.3 Å². The SMILES string of the molecule is Cc1ccc2c(c1)S(=O)(=O)N([C@H](CC(=O)N[C@@H]1CCCc3cc(CN4CCCCC4)ccc31)C(F)(F)F)CCO2. The molecule has 7 nitrogen and oxygen atoms in total. The zero-order valence-corrected chi connectivity index (χ0v) is 23.5. The van der Waals surface area contributed by atoms with Crippen LogP contribution in [-0.4, -0.2) is 62.0 Å². The van der Waals surface area contributed by atoms with Crippen LogP contribution in [0, 0.1) is 6.92 Å². The maximum atomic E-state index is 14.3. The summed E-state index contributed by atoms with van der Waals surface area (Å²) in [5, 5.41) is 2.79. The predicted octanol–water partition coefficient (Wildman–Crippen LogP) is 4.88. The van der Waals surface area contributed by atoms with E-state index in [9.17, 15) is 26.4 Å². The molecule has 2 aromatic carbocycles. The number of hydrogen-bond acceptors (Lipinski definition) is 5. The predicted molar refractivity (Wildman–Crippen MR) is 144 cm³/mol. The first-order valence-corrected chi connectivity index (χ1v) is 15.4. The lowest BCUT2D eigenvalue weighted by Gasteiger charge is -2.32. The Morgan fingerprint density at radius 1 is 1.07 bits per heavy atom. The van der Waals surface area contributed by atoms with E-state index < -0.39 is 47.2 Å². The van der Waals surface area contributed by atoms with E-state index in [1.165, 1.54) is 37.0 Å². The highest BCUT2D eigenvalue weighted by Gasteiger charge is 2.50. The van der Waals surface area contributed by atoms with Crippen molar-refractivity contribution in [1.29, 1.82) is 0 Å². The molecule has 11 heteroatoms. The normalized spacial score (nSPS) is 22.4. The summed E-state index contributed by atoms with van der Waals surface area (Å²) in [4.78, 5) is 15.2. The Morgan fingerprint density at radius 2 is 1.85 bits per heavy atom. The van der Waals surface area contributed by atoms with E-state index >= 15 is 0 Å². The number of nitrogens with zero attached hydrogens (tertiary/aromatic N) is 2. The van der Waals surface area contributed by atoms with Gasteiger partial charge in [0.05, 0.1) is 12.5 Å². The number of sulfonamides is 1. The molecular formula is C29H36F3N3O4S.